The number of hydrogen-bond acceptors (Lipinski definition) is 4. The maximum Gasteiger partial charge on any atom is 0.184 e. The van der Waals surface area contributed by atoms with E-state index in [1.54, 1.807) is 13.3 Å². The lowest BCUT2D eigenvalue weighted by molar-refractivity contribution is 0.282. The number of thiocarbonyl (C=S) groups is 1. The summed E-state index contributed by atoms with van der Waals surface area (Å²) in [7, 11) is 1.59. The van der Waals surface area contributed by atoms with Gasteiger partial charge in [-0.3, -0.25) is 5.43 Å². The first-order valence-corrected chi connectivity index (χ1v) is 8.34. The molecule has 0 saturated heterocycles. The van der Waals surface area contributed by atoms with Gasteiger partial charge in [-0.05, 0) is 63.9 Å². The van der Waals surface area contributed by atoms with E-state index < -0.39 is 0 Å². The zero-order valence-corrected chi connectivity index (χ0v) is 15.8. The summed E-state index contributed by atoms with van der Waals surface area (Å²) in [6.07, 6.45) is 1.59. The molecular weight excluding hydrogens is 390 g/mol. The van der Waals surface area contributed by atoms with E-state index in [9.17, 15) is 0 Å². The normalized spacial score (nSPS) is 10.6. The minimum atomic E-state index is 0.107. The Kier molecular flexibility index (Phi) is 6.57. The second-order valence-corrected chi connectivity index (χ2v) is 6.28. The predicted molar refractivity (Wildman–Crippen MR) is 104 cm³/mol. The van der Waals surface area contributed by atoms with Gasteiger partial charge in [0.1, 0.15) is 6.61 Å². The van der Waals surface area contributed by atoms with Gasteiger partial charge in [0, 0.05) is 0 Å². The van der Waals surface area contributed by atoms with Gasteiger partial charge < -0.3 is 15.2 Å². The summed E-state index contributed by atoms with van der Waals surface area (Å²) in [5.41, 5.74) is 11.0. The lowest BCUT2D eigenvalue weighted by Gasteiger charge is -2.14. The number of methoxy groups -OCH3 is 1. The Balaban J connectivity index is 2.19. The number of benzene rings is 2. The van der Waals surface area contributed by atoms with Crippen LogP contribution in [0.4, 0.5) is 0 Å². The molecule has 0 fully saturated rings. The molecule has 0 spiro atoms. The van der Waals surface area contributed by atoms with Crippen LogP contribution >= 0.6 is 28.1 Å². The molecule has 0 aromatic heterocycles. The quantitative estimate of drug-likeness (QED) is 0.435. The molecule has 2 aromatic carbocycles. The summed E-state index contributed by atoms with van der Waals surface area (Å²) in [5.74, 6) is 1.25. The number of halogens is 1. The molecular formula is C17H18BrN3O2S. The minimum Gasteiger partial charge on any atom is -0.493 e. The van der Waals surface area contributed by atoms with Gasteiger partial charge in [-0.2, -0.15) is 5.10 Å². The first-order valence-electron chi connectivity index (χ1n) is 7.14. The molecule has 0 aliphatic heterocycles. The molecule has 24 heavy (non-hydrogen) atoms. The maximum atomic E-state index is 5.95. The van der Waals surface area contributed by atoms with Crippen molar-refractivity contribution in [2.45, 2.75) is 13.5 Å². The predicted octanol–water partition coefficient (Wildman–Crippen LogP) is 3.51. The molecule has 3 N–H and O–H groups in total. The summed E-state index contributed by atoms with van der Waals surface area (Å²) >= 11 is 8.21. The Labute approximate surface area is 155 Å². The van der Waals surface area contributed by atoms with E-state index in [2.05, 4.69) is 39.4 Å². The number of hydrazone groups is 1. The van der Waals surface area contributed by atoms with E-state index in [0.29, 0.717) is 18.1 Å². The summed E-state index contributed by atoms with van der Waals surface area (Å²) in [6, 6.07) is 11.8. The van der Waals surface area contributed by atoms with Gasteiger partial charge in [-0.25, -0.2) is 0 Å². The van der Waals surface area contributed by atoms with Gasteiger partial charge in [-0.1, -0.05) is 24.3 Å². The van der Waals surface area contributed by atoms with Crippen LogP contribution < -0.4 is 20.6 Å². The summed E-state index contributed by atoms with van der Waals surface area (Å²) in [6.45, 7) is 2.51. The van der Waals surface area contributed by atoms with Crippen LogP contribution in [0, 0.1) is 6.92 Å². The molecule has 0 unspecified atom stereocenters. The molecule has 0 aliphatic carbocycles. The molecule has 2 aromatic rings. The van der Waals surface area contributed by atoms with Crippen LogP contribution in [-0.2, 0) is 6.61 Å². The molecule has 7 heteroatoms. The number of hydrogen-bond donors (Lipinski definition) is 2. The molecule has 5 nitrogen and oxygen atoms in total. The number of rotatable bonds is 6. The smallest absolute Gasteiger partial charge is 0.184 e. The maximum absolute atomic E-state index is 5.95. The summed E-state index contributed by atoms with van der Waals surface area (Å²) < 4.78 is 12.1. The van der Waals surface area contributed by atoms with Gasteiger partial charge in [0.2, 0.25) is 0 Å². The van der Waals surface area contributed by atoms with E-state index in [4.69, 9.17) is 27.4 Å². The average Bonchev–Trinajstić information content (AvgIpc) is 2.54. The van der Waals surface area contributed by atoms with Crippen molar-refractivity contribution >= 4 is 39.5 Å². The van der Waals surface area contributed by atoms with Gasteiger partial charge in [0.25, 0.3) is 0 Å². The van der Waals surface area contributed by atoms with Crippen molar-refractivity contribution in [1.29, 1.82) is 0 Å². The first kappa shape index (κ1) is 18.2. The molecule has 0 heterocycles. The van der Waals surface area contributed by atoms with Crippen molar-refractivity contribution in [3.05, 3.63) is 57.6 Å². The van der Waals surface area contributed by atoms with Gasteiger partial charge in [0.15, 0.2) is 16.6 Å². The van der Waals surface area contributed by atoms with Crippen molar-refractivity contribution < 1.29 is 9.47 Å². The Morgan fingerprint density at radius 2 is 2.12 bits per heavy atom. The number of nitrogens with zero attached hydrogens (tertiary/aromatic N) is 1. The molecule has 0 atom stereocenters. The number of nitrogens with one attached hydrogen (secondary N) is 1. The SMILES string of the molecule is COc1cc(/C=N/NC(N)=S)cc(Br)c1OCc1ccccc1C. The molecule has 0 aliphatic rings. The molecule has 0 radical (unpaired) electrons. The van der Waals surface area contributed by atoms with Crippen molar-refractivity contribution in [3.63, 3.8) is 0 Å². The topological polar surface area (TPSA) is 68.9 Å². The summed E-state index contributed by atoms with van der Waals surface area (Å²) in [5, 5.41) is 4.04. The Morgan fingerprint density at radius 1 is 1.38 bits per heavy atom. The highest BCUT2D eigenvalue weighted by Gasteiger charge is 2.12. The van der Waals surface area contributed by atoms with Crippen LogP contribution in [0.25, 0.3) is 0 Å². The van der Waals surface area contributed by atoms with Gasteiger partial charge >= 0.3 is 0 Å². The van der Waals surface area contributed by atoms with Crippen LogP contribution in [0.2, 0.25) is 0 Å². The second kappa shape index (κ2) is 8.65. The highest BCUT2D eigenvalue weighted by atomic mass is 79.9. The molecule has 0 saturated carbocycles. The van der Waals surface area contributed by atoms with Crippen molar-refractivity contribution in [1.82, 2.24) is 5.43 Å². The molecule has 0 amide bonds. The number of nitrogens with two attached hydrogens (primary N) is 1. The van der Waals surface area contributed by atoms with Crippen LogP contribution in [0.1, 0.15) is 16.7 Å². The van der Waals surface area contributed by atoms with E-state index in [0.717, 1.165) is 15.6 Å². The summed E-state index contributed by atoms with van der Waals surface area (Å²) in [4.78, 5) is 0. The lowest BCUT2D eigenvalue weighted by Crippen LogP contribution is -2.23. The van der Waals surface area contributed by atoms with Gasteiger partial charge in [-0.15, -0.1) is 0 Å². The Morgan fingerprint density at radius 3 is 2.79 bits per heavy atom. The highest BCUT2D eigenvalue weighted by molar-refractivity contribution is 9.10. The second-order valence-electron chi connectivity index (χ2n) is 4.98. The highest BCUT2D eigenvalue weighted by Crippen LogP contribution is 2.37. The monoisotopic (exact) mass is 407 g/mol. The van der Waals surface area contributed by atoms with Gasteiger partial charge in [0.05, 0.1) is 17.8 Å². The fraction of sp³-hybridized carbons (Fsp3) is 0.176. The van der Waals surface area contributed by atoms with E-state index in [1.807, 2.05) is 30.3 Å². The standard InChI is InChI=1S/C17H18BrN3O2S/c1-11-5-3-4-6-13(11)10-23-16-14(18)7-12(8-15(16)22-2)9-20-21-17(19)24/h3-9H,10H2,1-2H3,(H3,19,21,24)/b20-9+. The number of aryl methyl sites for hydroxylation is 1. The van der Waals surface area contributed by atoms with Crippen LogP contribution in [0.15, 0.2) is 46.0 Å². The number of ether oxygens (including phenoxy) is 2. The molecule has 0 bridgehead atoms. The Hall–Kier alpha value is -2.12. The average molecular weight is 408 g/mol. The third-order valence-electron chi connectivity index (χ3n) is 3.27. The van der Waals surface area contributed by atoms with Crippen LogP contribution in [0.5, 0.6) is 11.5 Å². The largest absolute Gasteiger partial charge is 0.493 e. The van der Waals surface area contributed by atoms with E-state index >= 15 is 0 Å². The fourth-order valence-electron chi connectivity index (χ4n) is 2.05. The zero-order chi connectivity index (χ0) is 17.5. The third-order valence-corrected chi connectivity index (χ3v) is 3.95. The molecule has 2 rings (SSSR count). The van der Waals surface area contributed by atoms with Crippen molar-refractivity contribution in [3.8, 4) is 11.5 Å². The lowest BCUT2D eigenvalue weighted by atomic mass is 10.1. The van der Waals surface area contributed by atoms with Crippen molar-refractivity contribution in [2.75, 3.05) is 7.11 Å². The zero-order valence-electron chi connectivity index (χ0n) is 13.4. The van der Waals surface area contributed by atoms with E-state index in [-0.39, 0.29) is 5.11 Å². The van der Waals surface area contributed by atoms with E-state index in [1.165, 1.54) is 5.56 Å². The van der Waals surface area contributed by atoms with Crippen LogP contribution in [0.3, 0.4) is 0 Å². The third kappa shape index (κ3) is 4.94. The first-order chi connectivity index (χ1) is 11.5. The molecule has 126 valence electrons. The fourth-order valence-corrected chi connectivity index (χ4v) is 2.67. The minimum absolute atomic E-state index is 0.107. The Bertz CT molecular complexity index is 765. The van der Waals surface area contributed by atoms with Crippen LogP contribution in [-0.4, -0.2) is 18.4 Å². The van der Waals surface area contributed by atoms with Crippen molar-refractivity contribution in [2.24, 2.45) is 10.8 Å².